The number of fused-ring (bicyclic) bond motifs is 1. The molecular formula is C23H29N3O4S. The SMILES string of the molecule is CCOc1ccc([C@H](CNS(=O)(=O)N2CCCC2)c2c[nH]c3ccccc23)cc1OC. The van der Waals surface area contributed by atoms with Crippen LogP contribution in [0.1, 0.15) is 36.8 Å². The molecule has 1 aliphatic rings. The number of rotatable bonds is 9. The maximum atomic E-state index is 12.8. The van der Waals surface area contributed by atoms with Gasteiger partial charge >= 0.3 is 0 Å². The van der Waals surface area contributed by atoms with Crippen molar-refractivity contribution in [2.24, 2.45) is 0 Å². The van der Waals surface area contributed by atoms with Crippen molar-refractivity contribution >= 4 is 21.1 Å². The summed E-state index contributed by atoms with van der Waals surface area (Å²) in [4.78, 5) is 3.31. The molecule has 1 saturated heterocycles. The summed E-state index contributed by atoms with van der Waals surface area (Å²) in [7, 11) is -1.91. The van der Waals surface area contributed by atoms with E-state index in [0.29, 0.717) is 31.2 Å². The average Bonchev–Trinajstić information content (AvgIpc) is 3.46. The molecule has 1 aromatic heterocycles. The van der Waals surface area contributed by atoms with Crippen LogP contribution in [0.4, 0.5) is 0 Å². The number of aromatic amines is 1. The molecule has 166 valence electrons. The number of para-hydroxylation sites is 1. The highest BCUT2D eigenvalue weighted by Crippen LogP contribution is 2.36. The Labute approximate surface area is 183 Å². The Morgan fingerprint density at radius 1 is 1.13 bits per heavy atom. The normalized spacial score (nSPS) is 15.9. The first kappa shape index (κ1) is 21.7. The molecule has 0 aliphatic carbocycles. The molecule has 1 atom stereocenters. The summed E-state index contributed by atoms with van der Waals surface area (Å²) in [5.74, 6) is 1.11. The molecule has 3 aromatic rings. The van der Waals surface area contributed by atoms with E-state index in [1.54, 1.807) is 7.11 Å². The Bertz CT molecular complexity index is 1140. The van der Waals surface area contributed by atoms with Crippen LogP contribution in [0.3, 0.4) is 0 Å². The van der Waals surface area contributed by atoms with Crippen molar-refractivity contribution in [1.82, 2.24) is 14.0 Å². The number of H-pyrrole nitrogens is 1. The fraction of sp³-hybridized carbons (Fsp3) is 0.391. The lowest BCUT2D eigenvalue weighted by Gasteiger charge is -2.22. The second-order valence-electron chi connectivity index (χ2n) is 7.65. The van der Waals surface area contributed by atoms with E-state index in [2.05, 4.69) is 15.8 Å². The van der Waals surface area contributed by atoms with Crippen LogP contribution in [0.25, 0.3) is 10.9 Å². The molecule has 1 aliphatic heterocycles. The fourth-order valence-electron chi connectivity index (χ4n) is 4.17. The maximum absolute atomic E-state index is 12.8. The van der Waals surface area contributed by atoms with E-state index in [1.165, 1.54) is 4.31 Å². The molecule has 1 fully saturated rings. The van der Waals surface area contributed by atoms with Crippen molar-refractivity contribution in [2.75, 3.05) is 33.4 Å². The monoisotopic (exact) mass is 443 g/mol. The van der Waals surface area contributed by atoms with Gasteiger partial charge in [0.1, 0.15) is 0 Å². The highest BCUT2D eigenvalue weighted by Gasteiger charge is 2.27. The maximum Gasteiger partial charge on any atom is 0.279 e. The quantitative estimate of drug-likeness (QED) is 0.529. The van der Waals surface area contributed by atoms with Crippen LogP contribution in [0.15, 0.2) is 48.7 Å². The van der Waals surface area contributed by atoms with Gasteiger partial charge in [0.25, 0.3) is 10.2 Å². The van der Waals surface area contributed by atoms with Crippen molar-refractivity contribution in [3.05, 3.63) is 59.8 Å². The summed E-state index contributed by atoms with van der Waals surface area (Å²) in [6, 6.07) is 13.8. The summed E-state index contributed by atoms with van der Waals surface area (Å²) in [6.45, 7) is 3.86. The van der Waals surface area contributed by atoms with E-state index in [1.807, 2.05) is 49.5 Å². The van der Waals surface area contributed by atoms with Crippen LogP contribution in [0.5, 0.6) is 11.5 Å². The van der Waals surface area contributed by atoms with Gasteiger partial charge in [0.2, 0.25) is 0 Å². The number of hydrogen-bond donors (Lipinski definition) is 2. The van der Waals surface area contributed by atoms with E-state index >= 15 is 0 Å². The molecule has 7 nitrogen and oxygen atoms in total. The lowest BCUT2D eigenvalue weighted by molar-refractivity contribution is 0.310. The number of methoxy groups -OCH3 is 1. The van der Waals surface area contributed by atoms with Crippen LogP contribution in [-0.2, 0) is 10.2 Å². The first-order valence-corrected chi connectivity index (χ1v) is 12.1. The fourth-order valence-corrected chi connectivity index (χ4v) is 5.47. The molecule has 31 heavy (non-hydrogen) atoms. The molecule has 0 amide bonds. The zero-order valence-corrected chi connectivity index (χ0v) is 18.7. The summed E-state index contributed by atoms with van der Waals surface area (Å²) < 4.78 is 41.2. The van der Waals surface area contributed by atoms with Gasteiger partial charge in [0.15, 0.2) is 11.5 Å². The van der Waals surface area contributed by atoms with Crippen molar-refractivity contribution in [3.63, 3.8) is 0 Å². The van der Waals surface area contributed by atoms with Gasteiger partial charge in [-0.3, -0.25) is 0 Å². The van der Waals surface area contributed by atoms with E-state index in [-0.39, 0.29) is 12.5 Å². The van der Waals surface area contributed by atoms with Crippen LogP contribution in [-0.4, -0.2) is 51.1 Å². The zero-order chi connectivity index (χ0) is 21.8. The van der Waals surface area contributed by atoms with E-state index < -0.39 is 10.2 Å². The Morgan fingerprint density at radius 3 is 2.65 bits per heavy atom. The molecule has 0 bridgehead atoms. The molecule has 0 spiro atoms. The molecule has 2 N–H and O–H groups in total. The summed E-state index contributed by atoms with van der Waals surface area (Å²) >= 11 is 0. The minimum absolute atomic E-state index is 0.196. The first-order chi connectivity index (χ1) is 15.0. The molecule has 8 heteroatoms. The molecular weight excluding hydrogens is 414 g/mol. The van der Waals surface area contributed by atoms with Gasteiger partial charge < -0.3 is 14.5 Å². The molecule has 0 unspecified atom stereocenters. The standard InChI is InChI=1S/C23H29N3O4S/c1-3-30-22-11-10-17(14-23(22)29-2)19(16-25-31(27,28)26-12-6-7-13-26)20-15-24-21-9-5-4-8-18(20)21/h4-5,8-11,14-15,19,24-25H,3,6-7,12-13,16H2,1-2H3/t19-/m0/s1. The third-order valence-corrected chi connectivity index (χ3v) is 7.34. The molecule has 2 aromatic carbocycles. The van der Waals surface area contributed by atoms with Gasteiger partial charge in [-0.2, -0.15) is 12.7 Å². The predicted molar refractivity (Wildman–Crippen MR) is 122 cm³/mol. The lowest BCUT2D eigenvalue weighted by Crippen LogP contribution is -2.40. The van der Waals surface area contributed by atoms with E-state index in [0.717, 1.165) is 34.9 Å². The van der Waals surface area contributed by atoms with Gasteiger partial charge in [0, 0.05) is 42.7 Å². The third kappa shape index (κ3) is 4.56. The van der Waals surface area contributed by atoms with Crippen LogP contribution < -0.4 is 14.2 Å². The van der Waals surface area contributed by atoms with E-state index in [4.69, 9.17) is 9.47 Å². The van der Waals surface area contributed by atoms with Crippen LogP contribution in [0.2, 0.25) is 0 Å². The summed E-state index contributed by atoms with van der Waals surface area (Å²) in [5, 5.41) is 1.07. The van der Waals surface area contributed by atoms with Gasteiger partial charge in [-0.05, 0) is 49.1 Å². The summed E-state index contributed by atoms with van der Waals surface area (Å²) in [6.07, 6.45) is 3.77. The van der Waals surface area contributed by atoms with E-state index in [9.17, 15) is 8.42 Å². The highest BCUT2D eigenvalue weighted by molar-refractivity contribution is 7.87. The molecule has 2 heterocycles. The zero-order valence-electron chi connectivity index (χ0n) is 17.9. The number of benzene rings is 2. The number of ether oxygens (including phenoxy) is 2. The Hall–Kier alpha value is -2.55. The number of nitrogens with one attached hydrogen (secondary N) is 2. The number of hydrogen-bond acceptors (Lipinski definition) is 4. The van der Waals surface area contributed by atoms with Crippen molar-refractivity contribution < 1.29 is 17.9 Å². The minimum atomic E-state index is -3.52. The summed E-state index contributed by atoms with van der Waals surface area (Å²) in [5.41, 5.74) is 3.00. The number of aromatic nitrogens is 1. The van der Waals surface area contributed by atoms with Crippen LogP contribution >= 0.6 is 0 Å². The van der Waals surface area contributed by atoms with Crippen molar-refractivity contribution in [2.45, 2.75) is 25.7 Å². The first-order valence-electron chi connectivity index (χ1n) is 10.6. The Morgan fingerprint density at radius 2 is 1.90 bits per heavy atom. The van der Waals surface area contributed by atoms with Gasteiger partial charge in [-0.15, -0.1) is 0 Å². The van der Waals surface area contributed by atoms with Crippen LogP contribution in [0, 0.1) is 0 Å². The topological polar surface area (TPSA) is 83.7 Å². The molecule has 4 rings (SSSR count). The Kier molecular flexibility index (Phi) is 6.50. The van der Waals surface area contributed by atoms with Gasteiger partial charge in [-0.25, -0.2) is 4.72 Å². The number of nitrogens with zero attached hydrogens (tertiary/aromatic N) is 1. The molecule has 0 saturated carbocycles. The molecule has 0 radical (unpaired) electrons. The lowest BCUT2D eigenvalue weighted by atomic mass is 9.91. The second-order valence-corrected chi connectivity index (χ2v) is 9.40. The predicted octanol–water partition coefficient (Wildman–Crippen LogP) is 3.64. The Balaban J connectivity index is 1.71. The van der Waals surface area contributed by atoms with Crippen molar-refractivity contribution in [3.8, 4) is 11.5 Å². The minimum Gasteiger partial charge on any atom is -0.493 e. The third-order valence-electron chi connectivity index (χ3n) is 5.76. The van der Waals surface area contributed by atoms with Crippen molar-refractivity contribution in [1.29, 1.82) is 0 Å². The smallest absolute Gasteiger partial charge is 0.279 e. The van der Waals surface area contributed by atoms with Gasteiger partial charge in [-0.1, -0.05) is 24.3 Å². The highest BCUT2D eigenvalue weighted by atomic mass is 32.2. The average molecular weight is 444 g/mol. The second kappa shape index (κ2) is 9.30. The van der Waals surface area contributed by atoms with Gasteiger partial charge in [0.05, 0.1) is 13.7 Å². The largest absolute Gasteiger partial charge is 0.493 e.